The van der Waals surface area contributed by atoms with Crippen molar-refractivity contribution in [3.05, 3.63) is 53.5 Å². The highest BCUT2D eigenvalue weighted by Gasteiger charge is 2.30. The number of hydrogen-bond acceptors (Lipinski definition) is 10. The molecule has 3 aromatic rings. The molecule has 0 radical (unpaired) electrons. The summed E-state index contributed by atoms with van der Waals surface area (Å²) in [7, 11) is -6.15. The second-order valence-corrected chi connectivity index (χ2v) is 18.9. The Bertz CT molecular complexity index is 1860. The van der Waals surface area contributed by atoms with Crippen LogP contribution in [0.4, 0.5) is 15.8 Å². The molecule has 0 atom stereocenters. The number of fused-ring (bicyclic) bond motifs is 1. The smallest absolute Gasteiger partial charge is 0.251 e. The largest absolute Gasteiger partial charge is 0.368 e. The summed E-state index contributed by atoms with van der Waals surface area (Å²) in [6.07, 6.45) is 7.20. The number of amides is 1. The highest BCUT2D eigenvalue weighted by molar-refractivity contribution is 7.91. The number of nitrogens with one attached hydrogen (secondary N) is 1. The Hall–Kier alpha value is -3.23. The van der Waals surface area contributed by atoms with Crippen molar-refractivity contribution in [1.29, 1.82) is 0 Å². The Balaban J connectivity index is 0.897. The third-order valence-electron chi connectivity index (χ3n) is 11.1. The Morgan fingerprint density at radius 2 is 1.43 bits per heavy atom. The number of carbonyl (C=O) groups excluding carboxylic acids is 1. The van der Waals surface area contributed by atoms with Crippen molar-refractivity contribution < 1.29 is 30.5 Å². The SMILES string of the molecule is O=C(NC1CCC(CCN2CCC(c3noc4cc(F)ccc34)CC2)CC1)c1ccc(N2CCS(=O)(=O)CC2)c(N2CCS(=O)(=O)CC2)c1. The number of carbonyl (C=O) groups is 1. The molecule has 1 aromatic heterocycles. The standard InChI is InChI=1S/C35H46FN5O6S2/c36-28-4-7-30-33(24-28)47-38-34(30)26-10-13-39(14-11-26)12-9-25-1-5-29(6-2-25)37-35(42)27-3-8-31(40-15-19-48(43,44)20-16-40)32(23-27)41-17-21-49(45,46)22-18-41/h3-4,7-8,23-26,29H,1-2,5-6,9-22H2,(H,37,42). The van der Waals surface area contributed by atoms with Gasteiger partial charge in [0.15, 0.2) is 25.3 Å². The summed E-state index contributed by atoms with van der Waals surface area (Å²) in [5, 5.41) is 8.45. The van der Waals surface area contributed by atoms with E-state index in [0.29, 0.717) is 49.2 Å². The van der Waals surface area contributed by atoms with Crippen LogP contribution < -0.4 is 15.1 Å². The van der Waals surface area contributed by atoms with Crippen LogP contribution in [0, 0.1) is 11.7 Å². The second kappa shape index (κ2) is 14.2. The summed E-state index contributed by atoms with van der Waals surface area (Å²) in [4.78, 5) is 20.1. The summed E-state index contributed by atoms with van der Waals surface area (Å²) in [5.41, 5.74) is 3.63. The van der Waals surface area contributed by atoms with E-state index in [9.17, 15) is 26.0 Å². The molecule has 1 amide bonds. The van der Waals surface area contributed by atoms with Gasteiger partial charge in [-0.25, -0.2) is 21.2 Å². The number of hydrogen-bond donors (Lipinski definition) is 1. The maximum Gasteiger partial charge on any atom is 0.251 e. The van der Waals surface area contributed by atoms with Crippen molar-refractivity contribution in [2.24, 2.45) is 5.92 Å². The molecule has 3 aliphatic heterocycles. The lowest BCUT2D eigenvalue weighted by atomic mass is 9.83. The van der Waals surface area contributed by atoms with E-state index in [4.69, 9.17) is 4.52 Å². The van der Waals surface area contributed by atoms with Crippen LogP contribution in [-0.4, -0.2) is 108 Å². The zero-order chi connectivity index (χ0) is 34.2. The van der Waals surface area contributed by atoms with Crippen LogP contribution in [0.5, 0.6) is 0 Å². The summed E-state index contributed by atoms with van der Waals surface area (Å²) < 4.78 is 67.4. The molecule has 1 aliphatic carbocycles. The van der Waals surface area contributed by atoms with Gasteiger partial charge in [0.2, 0.25) is 0 Å². The summed E-state index contributed by atoms with van der Waals surface area (Å²) in [5.74, 6) is 0.794. The van der Waals surface area contributed by atoms with Gasteiger partial charge in [0.05, 0.1) is 40.1 Å². The number of piperidine rings is 1. The molecule has 7 rings (SSSR count). The molecule has 14 heteroatoms. The van der Waals surface area contributed by atoms with E-state index in [1.807, 2.05) is 21.9 Å². The minimum atomic E-state index is -3.09. The first kappa shape index (κ1) is 34.2. The fraction of sp³-hybridized carbons (Fsp3) is 0.600. The van der Waals surface area contributed by atoms with Crippen molar-refractivity contribution in [1.82, 2.24) is 15.4 Å². The molecule has 3 saturated heterocycles. The summed E-state index contributed by atoms with van der Waals surface area (Å²) >= 11 is 0. The molecule has 0 bridgehead atoms. The zero-order valence-corrected chi connectivity index (χ0v) is 29.5. The number of likely N-dealkylation sites (tertiary alicyclic amines) is 1. The van der Waals surface area contributed by atoms with Crippen molar-refractivity contribution in [3.8, 4) is 0 Å². The molecule has 1 saturated carbocycles. The minimum absolute atomic E-state index is 0.0578. The van der Waals surface area contributed by atoms with Crippen molar-refractivity contribution >= 4 is 47.9 Å². The third-order valence-corrected chi connectivity index (χ3v) is 14.3. The lowest BCUT2D eigenvalue weighted by Gasteiger charge is -2.36. The third kappa shape index (κ3) is 8.06. The summed E-state index contributed by atoms with van der Waals surface area (Å²) in [6, 6.07) is 10.3. The lowest BCUT2D eigenvalue weighted by molar-refractivity contribution is 0.0919. The quantitative estimate of drug-likeness (QED) is 0.365. The van der Waals surface area contributed by atoms with Crippen LogP contribution in [0.2, 0.25) is 0 Å². The number of halogens is 1. The molecule has 2 aromatic carbocycles. The van der Waals surface area contributed by atoms with Crippen LogP contribution in [0.3, 0.4) is 0 Å². The van der Waals surface area contributed by atoms with E-state index in [2.05, 4.69) is 15.4 Å². The van der Waals surface area contributed by atoms with E-state index in [0.717, 1.165) is 87.0 Å². The molecule has 4 aliphatic rings. The maximum atomic E-state index is 13.6. The van der Waals surface area contributed by atoms with Crippen LogP contribution in [-0.2, 0) is 19.7 Å². The van der Waals surface area contributed by atoms with Crippen molar-refractivity contribution in [3.63, 3.8) is 0 Å². The maximum absolute atomic E-state index is 13.6. The average molecular weight is 716 g/mol. The molecule has 266 valence electrons. The van der Waals surface area contributed by atoms with E-state index >= 15 is 0 Å². The molecule has 4 fully saturated rings. The molecule has 4 heterocycles. The number of aromatic nitrogens is 1. The molecule has 11 nitrogen and oxygen atoms in total. The first-order chi connectivity index (χ1) is 23.5. The van der Waals surface area contributed by atoms with Crippen LogP contribution >= 0.6 is 0 Å². The van der Waals surface area contributed by atoms with E-state index in [1.54, 1.807) is 12.1 Å². The van der Waals surface area contributed by atoms with Crippen molar-refractivity contribution in [2.75, 3.05) is 78.6 Å². The van der Waals surface area contributed by atoms with Gasteiger partial charge < -0.3 is 24.5 Å². The van der Waals surface area contributed by atoms with E-state index in [1.165, 1.54) is 12.1 Å². The van der Waals surface area contributed by atoms with Gasteiger partial charge in [0.25, 0.3) is 5.91 Å². The van der Waals surface area contributed by atoms with E-state index in [-0.39, 0.29) is 40.8 Å². The predicted octanol–water partition coefficient (Wildman–Crippen LogP) is 3.99. The van der Waals surface area contributed by atoms with Gasteiger partial charge in [0, 0.05) is 55.2 Å². The van der Waals surface area contributed by atoms with Gasteiger partial charge in [-0.3, -0.25) is 4.79 Å². The average Bonchev–Trinajstić information content (AvgIpc) is 3.51. The Morgan fingerprint density at radius 3 is 2.08 bits per heavy atom. The van der Waals surface area contributed by atoms with Gasteiger partial charge in [-0.1, -0.05) is 5.16 Å². The number of benzene rings is 2. The Morgan fingerprint density at radius 1 is 0.796 bits per heavy atom. The van der Waals surface area contributed by atoms with Gasteiger partial charge in [-0.15, -0.1) is 0 Å². The van der Waals surface area contributed by atoms with Crippen molar-refractivity contribution in [2.45, 2.75) is 56.9 Å². The normalized spacial score (nSPS) is 25.0. The van der Waals surface area contributed by atoms with Crippen LogP contribution in [0.25, 0.3) is 11.0 Å². The molecular weight excluding hydrogens is 670 g/mol. The minimum Gasteiger partial charge on any atom is -0.368 e. The zero-order valence-electron chi connectivity index (χ0n) is 27.9. The lowest BCUT2D eigenvalue weighted by Crippen LogP contribution is -2.44. The van der Waals surface area contributed by atoms with Crippen LogP contribution in [0.15, 0.2) is 40.9 Å². The molecule has 49 heavy (non-hydrogen) atoms. The van der Waals surface area contributed by atoms with E-state index < -0.39 is 19.7 Å². The van der Waals surface area contributed by atoms with Crippen LogP contribution in [0.1, 0.15) is 66.9 Å². The number of nitrogens with zero attached hydrogens (tertiary/aromatic N) is 4. The first-order valence-electron chi connectivity index (χ1n) is 17.6. The van der Waals surface area contributed by atoms with Gasteiger partial charge in [-0.2, -0.15) is 0 Å². The van der Waals surface area contributed by atoms with Gasteiger partial charge in [0.1, 0.15) is 5.82 Å². The molecule has 0 spiro atoms. The molecule has 1 N–H and O–H groups in total. The Kier molecular flexibility index (Phi) is 9.91. The Labute approximate surface area is 288 Å². The highest BCUT2D eigenvalue weighted by Crippen LogP contribution is 2.35. The van der Waals surface area contributed by atoms with Gasteiger partial charge in [-0.05, 0) is 101 Å². The monoisotopic (exact) mass is 715 g/mol. The summed E-state index contributed by atoms with van der Waals surface area (Å²) in [6.45, 7) is 4.52. The number of sulfone groups is 2. The fourth-order valence-corrected chi connectivity index (χ4v) is 10.4. The predicted molar refractivity (Wildman–Crippen MR) is 188 cm³/mol. The number of anilines is 2. The first-order valence-corrected chi connectivity index (χ1v) is 21.3. The second-order valence-electron chi connectivity index (χ2n) is 14.3. The van der Waals surface area contributed by atoms with Gasteiger partial charge >= 0.3 is 0 Å². The highest BCUT2D eigenvalue weighted by atomic mass is 32.2. The fourth-order valence-electron chi connectivity index (χ4n) is 7.98. The molecule has 0 unspecified atom stereocenters. The number of rotatable bonds is 8. The topological polar surface area (TPSA) is 133 Å². The molecular formula is C35H46FN5O6S2.